The number of carbonyl (C=O) groups excluding carboxylic acids is 1. The standard InChI is InChI=1S/C23H24N2O3S2/c1-19-9-8-10-20(17-19)25(30(27,28)22-13-6-3-7-14-22)18-23(26)24-15-16-29-21-11-4-2-5-12-21/h2-14,17H,15-16,18H2,1H3,(H,24,26). The zero-order chi connectivity index (χ0) is 21.4. The molecule has 30 heavy (non-hydrogen) atoms. The van der Waals surface area contributed by atoms with Gasteiger partial charge in [0.25, 0.3) is 10.0 Å². The van der Waals surface area contributed by atoms with Crippen LogP contribution in [0.5, 0.6) is 0 Å². The van der Waals surface area contributed by atoms with E-state index in [0.717, 1.165) is 14.8 Å². The first-order chi connectivity index (χ1) is 14.5. The van der Waals surface area contributed by atoms with Crippen LogP contribution < -0.4 is 9.62 Å². The van der Waals surface area contributed by atoms with Gasteiger partial charge in [-0.05, 0) is 48.9 Å². The van der Waals surface area contributed by atoms with Crippen LogP contribution in [0, 0.1) is 6.92 Å². The topological polar surface area (TPSA) is 66.5 Å². The normalized spacial score (nSPS) is 11.1. The summed E-state index contributed by atoms with van der Waals surface area (Å²) in [7, 11) is -3.87. The molecule has 0 saturated carbocycles. The molecule has 0 bridgehead atoms. The SMILES string of the molecule is Cc1cccc(N(CC(=O)NCCSc2ccccc2)S(=O)(=O)c2ccccc2)c1. The van der Waals surface area contributed by atoms with E-state index in [1.807, 2.05) is 43.3 Å². The smallest absolute Gasteiger partial charge is 0.264 e. The third-order valence-corrected chi connectivity index (χ3v) is 7.15. The number of aryl methyl sites for hydroxylation is 1. The molecule has 3 aromatic rings. The number of nitrogens with zero attached hydrogens (tertiary/aromatic N) is 1. The van der Waals surface area contributed by atoms with Gasteiger partial charge in [-0.3, -0.25) is 9.10 Å². The zero-order valence-corrected chi connectivity index (χ0v) is 18.3. The average molecular weight is 441 g/mol. The van der Waals surface area contributed by atoms with Crippen LogP contribution in [0.2, 0.25) is 0 Å². The molecular formula is C23H24N2O3S2. The highest BCUT2D eigenvalue weighted by atomic mass is 32.2. The molecule has 0 heterocycles. The molecule has 7 heteroatoms. The maximum Gasteiger partial charge on any atom is 0.264 e. The Kier molecular flexibility index (Phi) is 7.54. The van der Waals surface area contributed by atoms with Crippen molar-refractivity contribution in [3.05, 3.63) is 90.5 Å². The van der Waals surface area contributed by atoms with Gasteiger partial charge < -0.3 is 5.32 Å². The van der Waals surface area contributed by atoms with Gasteiger partial charge in [-0.1, -0.05) is 48.5 Å². The first-order valence-corrected chi connectivity index (χ1v) is 12.0. The minimum atomic E-state index is -3.87. The van der Waals surface area contributed by atoms with E-state index in [0.29, 0.717) is 18.0 Å². The van der Waals surface area contributed by atoms with Gasteiger partial charge in [0.05, 0.1) is 10.6 Å². The number of carbonyl (C=O) groups is 1. The number of amides is 1. The third kappa shape index (κ3) is 5.87. The Morgan fingerprint density at radius 3 is 2.27 bits per heavy atom. The highest BCUT2D eigenvalue weighted by molar-refractivity contribution is 7.99. The maximum absolute atomic E-state index is 13.2. The van der Waals surface area contributed by atoms with Crippen LogP contribution in [-0.4, -0.2) is 33.2 Å². The van der Waals surface area contributed by atoms with Gasteiger partial charge in [0.15, 0.2) is 0 Å². The van der Waals surface area contributed by atoms with Crippen LogP contribution in [0.25, 0.3) is 0 Å². The molecule has 3 rings (SSSR count). The molecule has 156 valence electrons. The van der Waals surface area contributed by atoms with E-state index in [4.69, 9.17) is 0 Å². The zero-order valence-electron chi connectivity index (χ0n) is 16.7. The van der Waals surface area contributed by atoms with E-state index in [2.05, 4.69) is 5.32 Å². The Bertz CT molecular complexity index is 1070. The van der Waals surface area contributed by atoms with Crippen LogP contribution in [0.3, 0.4) is 0 Å². The lowest BCUT2D eigenvalue weighted by atomic mass is 10.2. The number of thioether (sulfide) groups is 1. The molecule has 1 amide bonds. The fraction of sp³-hybridized carbons (Fsp3) is 0.174. The van der Waals surface area contributed by atoms with Crippen molar-refractivity contribution in [2.75, 3.05) is 23.1 Å². The number of benzene rings is 3. The molecule has 0 aliphatic rings. The molecule has 5 nitrogen and oxygen atoms in total. The summed E-state index contributed by atoms with van der Waals surface area (Å²) in [5, 5.41) is 2.83. The lowest BCUT2D eigenvalue weighted by molar-refractivity contribution is -0.119. The first-order valence-electron chi connectivity index (χ1n) is 9.56. The molecule has 0 atom stereocenters. The van der Waals surface area contributed by atoms with Crippen LogP contribution in [0.4, 0.5) is 5.69 Å². The van der Waals surface area contributed by atoms with E-state index in [9.17, 15) is 13.2 Å². The second-order valence-corrected chi connectivity index (χ2v) is 9.71. The van der Waals surface area contributed by atoms with Crippen molar-refractivity contribution in [3.8, 4) is 0 Å². The molecule has 0 aliphatic heterocycles. The van der Waals surface area contributed by atoms with Gasteiger partial charge in [0.2, 0.25) is 5.91 Å². The summed E-state index contributed by atoms with van der Waals surface area (Å²) in [6.45, 7) is 2.06. The Labute approximate surface area is 182 Å². The number of anilines is 1. The number of rotatable bonds is 9. The van der Waals surface area contributed by atoms with Crippen molar-refractivity contribution in [1.82, 2.24) is 5.32 Å². The quantitative estimate of drug-likeness (QED) is 0.402. The fourth-order valence-electron chi connectivity index (χ4n) is 2.88. The molecular weight excluding hydrogens is 416 g/mol. The van der Waals surface area contributed by atoms with E-state index in [-0.39, 0.29) is 17.3 Å². The minimum Gasteiger partial charge on any atom is -0.354 e. The van der Waals surface area contributed by atoms with Crippen molar-refractivity contribution in [3.63, 3.8) is 0 Å². The van der Waals surface area contributed by atoms with E-state index >= 15 is 0 Å². The number of hydrogen-bond donors (Lipinski definition) is 1. The predicted molar refractivity (Wildman–Crippen MR) is 122 cm³/mol. The molecule has 0 aliphatic carbocycles. The third-order valence-electron chi connectivity index (χ3n) is 4.34. The lowest BCUT2D eigenvalue weighted by Crippen LogP contribution is -2.41. The summed E-state index contributed by atoms with van der Waals surface area (Å²) >= 11 is 1.64. The number of hydrogen-bond acceptors (Lipinski definition) is 4. The Hall–Kier alpha value is -2.77. The molecule has 0 aromatic heterocycles. The van der Waals surface area contributed by atoms with Crippen molar-refractivity contribution >= 4 is 33.4 Å². The first kappa shape index (κ1) is 21.9. The lowest BCUT2D eigenvalue weighted by Gasteiger charge is -2.24. The van der Waals surface area contributed by atoms with Crippen LogP contribution >= 0.6 is 11.8 Å². The van der Waals surface area contributed by atoms with Gasteiger partial charge in [0.1, 0.15) is 6.54 Å². The maximum atomic E-state index is 13.2. The summed E-state index contributed by atoms with van der Waals surface area (Å²) in [6.07, 6.45) is 0. The minimum absolute atomic E-state index is 0.152. The van der Waals surface area contributed by atoms with Crippen molar-refractivity contribution in [1.29, 1.82) is 0 Å². The Morgan fingerprint density at radius 1 is 0.933 bits per heavy atom. The summed E-state index contributed by atoms with van der Waals surface area (Å²) in [4.78, 5) is 13.9. The largest absolute Gasteiger partial charge is 0.354 e. The van der Waals surface area contributed by atoms with Crippen LogP contribution in [-0.2, 0) is 14.8 Å². The number of nitrogens with one attached hydrogen (secondary N) is 1. The van der Waals surface area contributed by atoms with Crippen molar-refractivity contribution in [2.24, 2.45) is 0 Å². The van der Waals surface area contributed by atoms with Gasteiger partial charge in [-0.15, -0.1) is 11.8 Å². The Balaban J connectivity index is 1.70. The molecule has 0 radical (unpaired) electrons. The van der Waals surface area contributed by atoms with E-state index in [1.165, 1.54) is 12.1 Å². The second-order valence-electron chi connectivity index (χ2n) is 6.68. The molecule has 0 unspecified atom stereocenters. The van der Waals surface area contributed by atoms with Crippen LogP contribution in [0.15, 0.2) is 94.7 Å². The molecule has 0 spiro atoms. The second kappa shape index (κ2) is 10.3. The number of sulfonamides is 1. The predicted octanol–water partition coefficient (Wildman–Crippen LogP) is 4.10. The van der Waals surface area contributed by atoms with Gasteiger partial charge in [0, 0.05) is 17.2 Å². The van der Waals surface area contributed by atoms with E-state index < -0.39 is 10.0 Å². The van der Waals surface area contributed by atoms with Crippen LogP contribution in [0.1, 0.15) is 5.56 Å². The molecule has 0 saturated heterocycles. The molecule has 0 fully saturated rings. The summed E-state index contributed by atoms with van der Waals surface area (Å²) in [5.74, 6) is 0.357. The summed E-state index contributed by atoms with van der Waals surface area (Å²) in [5.41, 5.74) is 1.38. The summed E-state index contributed by atoms with van der Waals surface area (Å²) < 4.78 is 27.6. The Morgan fingerprint density at radius 2 is 1.60 bits per heavy atom. The highest BCUT2D eigenvalue weighted by Gasteiger charge is 2.27. The van der Waals surface area contributed by atoms with E-state index in [1.54, 1.807) is 48.2 Å². The van der Waals surface area contributed by atoms with Crippen molar-refractivity contribution in [2.45, 2.75) is 16.7 Å². The van der Waals surface area contributed by atoms with Gasteiger partial charge in [-0.25, -0.2) is 8.42 Å². The summed E-state index contributed by atoms with van der Waals surface area (Å²) in [6, 6.07) is 25.2. The average Bonchev–Trinajstić information content (AvgIpc) is 2.76. The fourth-order valence-corrected chi connectivity index (χ4v) is 5.10. The molecule has 1 N–H and O–H groups in total. The molecule has 3 aromatic carbocycles. The van der Waals surface area contributed by atoms with Gasteiger partial charge >= 0.3 is 0 Å². The van der Waals surface area contributed by atoms with Gasteiger partial charge in [-0.2, -0.15) is 0 Å². The van der Waals surface area contributed by atoms with Crippen molar-refractivity contribution < 1.29 is 13.2 Å². The highest BCUT2D eigenvalue weighted by Crippen LogP contribution is 2.24. The monoisotopic (exact) mass is 440 g/mol.